The molecule has 6 heteroatoms. The second kappa shape index (κ2) is 8.67. The zero-order valence-corrected chi connectivity index (χ0v) is 22.7. The van der Waals surface area contributed by atoms with Gasteiger partial charge in [-0.05, 0) is 29.3 Å². The first-order valence-corrected chi connectivity index (χ1v) is 13.2. The van der Waals surface area contributed by atoms with Gasteiger partial charge in [-0.15, -0.1) is 0 Å². The molecule has 3 atom stereocenters. The van der Waals surface area contributed by atoms with Crippen LogP contribution in [0, 0.1) is 10.8 Å². The highest BCUT2D eigenvalue weighted by Gasteiger charge is 2.72. The molecule has 2 heterocycles. The maximum atomic E-state index is 14.6. The summed E-state index contributed by atoms with van der Waals surface area (Å²) in [5, 5.41) is 0. The van der Waals surface area contributed by atoms with Gasteiger partial charge in [0.1, 0.15) is 5.41 Å². The summed E-state index contributed by atoms with van der Waals surface area (Å²) in [6.45, 7) is 5.67. The molecule has 0 amide bonds. The van der Waals surface area contributed by atoms with E-state index >= 15 is 0 Å². The van der Waals surface area contributed by atoms with Gasteiger partial charge >= 0.3 is 0 Å². The van der Waals surface area contributed by atoms with Crippen molar-refractivity contribution >= 4 is 29.1 Å². The highest BCUT2D eigenvalue weighted by Crippen LogP contribution is 2.61. The summed E-state index contributed by atoms with van der Waals surface area (Å²) in [7, 11) is 3.11. The summed E-state index contributed by atoms with van der Waals surface area (Å²) >= 11 is 0. The Kier molecular flexibility index (Phi) is 5.58. The first kappa shape index (κ1) is 25.1. The third-order valence-corrected chi connectivity index (χ3v) is 8.49. The van der Waals surface area contributed by atoms with Gasteiger partial charge in [-0.1, -0.05) is 81.5 Å². The molecule has 0 aromatic heterocycles. The van der Waals surface area contributed by atoms with Gasteiger partial charge in [0.2, 0.25) is 0 Å². The van der Waals surface area contributed by atoms with Crippen LogP contribution in [-0.2, 0) is 4.79 Å². The van der Waals surface area contributed by atoms with E-state index in [1.165, 1.54) is 0 Å². The van der Waals surface area contributed by atoms with Crippen LogP contribution in [0.2, 0.25) is 0 Å². The molecule has 0 bridgehead atoms. The number of hydrogen-bond donors (Lipinski definition) is 0. The number of nitrogens with zero attached hydrogens (tertiary/aromatic N) is 1. The number of benzene rings is 3. The van der Waals surface area contributed by atoms with E-state index < -0.39 is 28.8 Å². The quantitative estimate of drug-likeness (QED) is 0.407. The van der Waals surface area contributed by atoms with Crippen LogP contribution < -0.4 is 14.4 Å². The fraction of sp³-hybridized carbons (Fsp3) is 0.303. The lowest BCUT2D eigenvalue weighted by Crippen LogP contribution is -2.49. The van der Waals surface area contributed by atoms with Crippen LogP contribution in [0.4, 0.5) is 5.69 Å². The summed E-state index contributed by atoms with van der Waals surface area (Å²) < 4.78 is 11.1. The van der Waals surface area contributed by atoms with Crippen molar-refractivity contribution in [3.05, 3.63) is 95.1 Å². The molecular formula is C33H31NO5. The average Bonchev–Trinajstić information content (AvgIpc) is 3.38. The summed E-state index contributed by atoms with van der Waals surface area (Å²) in [6, 6.07) is 18.9. The van der Waals surface area contributed by atoms with Crippen LogP contribution in [0.1, 0.15) is 58.5 Å². The van der Waals surface area contributed by atoms with Crippen molar-refractivity contribution in [3.63, 3.8) is 0 Å². The van der Waals surface area contributed by atoms with Crippen molar-refractivity contribution < 1.29 is 23.9 Å². The van der Waals surface area contributed by atoms with E-state index in [9.17, 15) is 14.4 Å². The molecule has 0 unspecified atom stereocenters. The molecule has 0 radical (unpaired) electrons. The maximum absolute atomic E-state index is 14.6. The number of methoxy groups -OCH3 is 2. The molecule has 1 aliphatic carbocycles. The normalized spacial score (nSPS) is 22.5. The smallest absolute Gasteiger partial charge is 0.180 e. The van der Waals surface area contributed by atoms with Crippen LogP contribution in [0.25, 0.3) is 6.08 Å². The summed E-state index contributed by atoms with van der Waals surface area (Å²) in [4.78, 5) is 45.8. The second-order valence-corrected chi connectivity index (χ2v) is 11.5. The van der Waals surface area contributed by atoms with Gasteiger partial charge in [-0.2, -0.15) is 0 Å². The van der Waals surface area contributed by atoms with Crippen LogP contribution in [-0.4, -0.2) is 43.7 Å². The van der Waals surface area contributed by atoms with Crippen molar-refractivity contribution in [2.75, 3.05) is 19.1 Å². The molecule has 3 aromatic carbocycles. The van der Waals surface area contributed by atoms with E-state index in [0.29, 0.717) is 28.2 Å². The van der Waals surface area contributed by atoms with E-state index in [2.05, 4.69) is 0 Å². The second-order valence-electron chi connectivity index (χ2n) is 11.5. The number of para-hydroxylation sites is 1. The predicted molar refractivity (Wildman–Crippen MR) is 150 cm³/mol. The number of rotatable bonds is 4. The number of fused-ring (bicyclic) bond motifs is 5. The first-order chi connectivity index (χ1) is 18.7. The van der Waals surface area contributed by atoms with Crippen molar-refractivity contribution in [2.45, 2.75) is 38.8 Å². The first-order valence-electron chi connectivity index (χ1n) is 13.2. The van der Waals surface area contributed by atoms with Crippen molar-refractivity contribution in [1.29, 1.82) is 0 Å². The molecule has 1 fully saturated rings. The molecule has 1 saturated heterocycles. The number of carbonyl (C=O) groups excluding carboxylic acids is 3. The molecule has 6 rings (SSSR count). The molecule has 0 saturated carbocycles. The summed E-state index contributed by atoms with van der Waals surface area (Å²) in [5.41, 5.74) is 1.02. The van der Waals surface area contributed by atoms with Gasteiger partial charge in [0.15, 0.2) is 28.8 Å². The van der Waals surface area contributed by atoms with Gasteiger partial charge in [-0.3, -0.25) is 14.4 Å². The van der Waals surface area contributed by atoms with Gasteiger partial charge in [0.05, 0.1) is 26.3 Å². The van der Waals surface area contributed by atoms with E-state index in [0.717, 1.165) is 11.3 Å². The minimum atomic E-state index is -1.53. The Bertz CT molecular complexity index is 1530. The number of ether oxygens (including phenoxy) is 2. The Morgan fingerprint density at radius 2 is 1.46 bits per heavy atom. The monoisotopic (exact) mass is 521 g/mol. The summed E-state index contributed by atoms with van der Waals surface area (Å²) in [6.07, 6.45) is 3.91. The molecule has 39 heavy (non-hydrogen) atoms. The standard InChI is InChI=1S/C33H31NO5/c1-32(2,3)31(37)28-27(20-14-16-24(38-4)25(18-20)39-5)33(29(35)21-11-7-8-12-22(21)30(33)36)26-17-15-19-10-6-9-13-23(19)34(26)28/h6-18,26-28H,1-5H3/t26-,27+,28+/m0/s1. The molecule has 198 valence electrons. The van der Waals surface area contributed by atoms with Crippen LogP contribution in [0.3, 0.4) is 0 Å². The lowest BCUT2D eigenvalue weighted by Gasteiger charge is -2.38. The van der Waals surface area contributed by atoms with Gasteiger partial charge in [-0.25, -0.2) is 0 Å². The fourth-order valence-corrected chi connectivity index (χ4v) is 6.78. The lowest BCUT2D eigenvalue weighted by atomic mass is 9.63. The van der Waals surface area contributed by atoms with Gasteiger partial charge in [0.25, 0.3) is 0 Å². The minimum Gasteiger partial charge on any atom is -0.493 e. The Balaban J connectivity index is 1.70. The Hall–Kier alpha value is -4.19. The van der Waals surface area contributed by atoms with Crippen LogP contribution in [0.15, 0.2) is 72.8 Å². The SMILES string of the molecule is COc1ccc([C@@H]2[C@H](C(=O)C(C)(C)C)N3c4ccccc4C=C[C@H]3C23C(=O)c2ccccc2C3=O)cc1OC. The zero-order valence-electron chi connectivity index (χ0n) is 22.7. The Morgan fingerprint density at radius 3 is 2.08 bits per heavy atom. The molecule has 6 nitrogen and oxygen atoms in total. The maximum Gasteiger partial charge on any atom is 0.180 e. The molecule has 2 aliphatic heterocycles. The number of Topliss-reactive ketones (excluding diaryl/α,β-unsaturated/α-hetero) is 3. The molecular weight excluding hydrogens is 490 g/mol. The average molecular weight is 522 g/mol. The Morgan fingerprint density at radius 1 is 0.846 bits per heavy atom. The zero-order chi connectivity index (χ0) is 27.7. The third-order valence-electron chi connectivity index (χ3n) is 8.49. The van der Waals surface area contributed by atoms with Crippen molar-refractivity contribution in [2.24, 2.45) is 10.8 Å². The van der Waals surface area contributed by atoms with Crippen LogP contribution >= 0.6 is 0 Å². The van der Waals surface area contributed by atoms with Gasteiger partial charge < -0.3 is 14.4 Å². The molecule has 3 aliphatic rings. The van der Waals surface area contributed by atoms with Gasteiger partial charge in [0, 0.05) is 28.1 Å². The number of anilines is 1. The third kappa shape index (κ3) is 3.30. The number of carbonyl (C=O) groups is 3. The number of hydrogen-bond acceptors (Lipinski definition) is 6. The van der Waals surface area contributed by atoms with Crippen LogP contribution in [0.5, 0.6) is 11.5 Å². The largest absolute Gasteiger partial charge is 0.493 e. The van der Waals surface area contributed by atoms with Crippen molar-refractivity contribution in [1.82, 2.24) is 0 Å². The highest BCUT2D eigenvalue weighted by atomic mass is 16.5. The fourth-order valence-electron chi connectivity index (χ4n) is 6.78. The van der Waals surface area contributed by atoms with E-state index in [4.69, 9.17) is 9.47 Å². The van der Waals surface area contributed by atoms with Crippen molar-refractivity contribution in [3.8, 4) is 11.5 Å². The Labute approximate surface area is 228 Å². The topological polar surface area (TPSA) is 72.9 Å². The van der Waals surface area contributed by atoms with E-state index in [-0.39, 0.29) is 17.3 Å². The highest BCUT2D eigenvalue weighted by molar-refractivity contribution is 6.32. The minimum absolute atomic E-state index is 0.0363. The molecule has 3 aromatic rings. The lowest BCUT2D eigenvalue weighted by molar-refractivity contribution is -0.127. The number of ketones is 3. The predicted octanol–water partition coefficient (Wildman–Crippen LogP) is 5.75. The van der Waals surface area contributed by atoms with E-state index in [1.54, 1.807) is 44.6 Å². The molecule has 0 N–H and O–H groups in total. The summed E-state index contributed by atoms with van der Waals surface area (Å²) in [5.74, 6) is -0.286. The van der Waals surface area contributed by atoms with E-state index in [1.807, 2.05) is 74.2 Å². The molecule has 1 spiro atoms.